The Morgan fingerprint density at radius 2 is 2.07 bits per heavy atom. The average molecular weight is 214 g/mol. The maximum atomic E-state index is 5.21. The van der Waals surface area contributed by atoms with Crippen LogP contribution in [0.3, 0.4) is 0 Å². The molecule has 15 heavy (non-hydrogen) atoms. The summed E-state index contributed by atoms with van der Waals surface area (Å²) in [6, 6.07) is 1.29. The van der Waals surface area contributed by atoms with E-state index in [1.165, 1.54) is 25.7 Å². The molecule has 1 fully saturated rings. The Morgan fingerprint density at radius 3 is 2.53 bits per heavy atom. The molecule has 1 unspecified atom stereocenters. The molecule has 0 heterocycles. The normalized spacial score (nSPS) is 20.0. The second kappa shape index (κ2) is 7.20. The summed E-state index contributed by atoms with van der Waals surface area (Å²) >= 11 is 0. The van der Waals surface area contributed by atoms with Gasteiger partial charge in [0.1, 0.15) is 0 Å². The van der Waals surface area contributed by atoms with Gasteiger partial charge in [-0.05, 0) is 26.4 Å². The molecule has 1 aliphatic carbocycles. The molecule has 0 aromatic carbocycles. The van der Waals surface area contributed by atoms with Crippen molar-refractivity contribution in [2.24, 2.45) is 0 Å². The zero-order chi connectivity index (χ0) is 11.1. The monoisotopic (exact) mass is 214 g/mol. The third-order valence-electron chi connectivity index (χ3n) is 3.48. The topological polar surface area (TPSA) is 24.5 Å². The largest absolute Gasteiger partial charge is 0.383 e. The highest BCUT2D eigenvalue weighted by molar-refractivity contribution is 4.80. The molecular weight excluding hydrogens is 188 g/mol. The summed E-state index contributed by atoms with van der Waals surface area (Å²) in [6.07, 6.45) is 5.60. The van der Waals surface area contributed by atoms with Gasteiger partial charge in [0.05, 0.1) is 6.61 Å². The van der Waals surface area contributed by atoms with Crippen molar-refractivity contribution in [3.8, 4) is 0 Å². The van der Waals surface area contributed by atoms with Gasteiger partial charge in [-0.15, -0.1) is 0 Å². The number of hydrogen-bond acceptors (Lipinski definition) is 3. The molecule has 1 aliphatic rings. The van der Waals surface area contributed by atoms with Crippen LogP contribution in [0, 0.1) is 0 Å². The highest BCUT2D eigenvalue weighted by atomic mass is 16.5. The van der Waals surface area contributed by atoms with Crippen LogP contribution < -0.4 is 5.32 Å². The smallest absolute Gasteiger partial charge is 0.0628 e. The Morgan fingerprint density at radius 1 is 1.40 bits per heavy atom. The van der Waals surface area contributed by atoms with Crippen molar-refractivity contribution < 1.29 is 4.74 Å². The standard InChI is InChI=1S/C12H26N2O/c1-4-14(12-7-5-6-8-12)9-11(13-2)10-15-3/h11-13H,4-10H2,1-3H3. The Labute approximate surface area is 94.2 Å². The fourth-order valence-corrected chi connectivity index (χ4v) is 2.52. The van der Waals surface area contributed by atoms with Crippen molar-refractivity contribution in [1.82, 2.24) is 10.2 Å². The molecular formula is C12H26N2O. The first-order valence-corrected chi connectivity index (χ1v) is 6.22. The summed E-state index contributed by atoms with van der Waals surface area (Å²) in [4.78, 5) is 2.60. The van der Waals surface area contributed by atoms with Crippen molar-refractivity contribution >= 4 is 0 Å². The van der Waals surface area contributed by atoms with Crippen LogP contribution in [0.2, 0.25) is 0 Å². The van der Waals surface area contributed by atoms with E-state index >= 15 is 0 Å². The number of ether oxygens (including phenoxy) is 1. The average Bonchev–Trinajstić information content (AvgIpc) is 2.77. The highest BCUT2D eigenvalue weighted by Crippen LogP contribution is 2.23. The summed E-state index contributed by atoms with van der Waals surface area (Å²) in [6.45, 7) is 5.34. The quantitative estimate of drug-likeness (QED) is 0.695. The molecule has 3 heteroatoms. The Balaban J connectivity index is 2.36. The fraction of sp³-hybridized carbons (Fsp3) is 1.00. The van der Waals surface area contributed by atoms with Crippen LogP contribution in [0.1, 0.15) is 32.6 Å². The zero-order valence-electron chi connectivity index (χ0n) is 10.5. The lowest BCUT2D eigenvalue weighted by molar-refractivity contribution is 0.125. The first kappa shape index (κ1) is 12.9. The van der Waals surface area contributed by atoms with Crippen LogP contribution in [0.5, 0.6) is 0 Å². The van der Waals surface area contributed by atoms with Crippen molar-refractivity contribution in [2.45, 2.75) is 44.7 Å². The van der Waals surface area contributed by atoms with E-state index in [1.807, 2.05) is 7.05 Å². The van der Waals surface area contributed by atoms with Gasteiger partial charge in [0, 0.05) is 25.7 Å². The van der Waals surface area contributed by atoms with Gasteiger partial charge >= 0.3 is 0 Å². The van der Waals surface area contributed by atoms with Crippen LogP contribution in [-0.4, -0.2) is 50.8 Å². The number of rotatable bonds is 7. The van der Waals surface area contributed by atoms with Crippen LogP contribution in [-0.2, 0) is 4.74 Å². The Bertz CT molecular complexity index is 158. The van der Waals surface area contributed by atoms with E-state index in [9.17, 15) is 0 Å². The van der Waals surface area contributed by atoms with Crippen molar-refractivity contribution in [3.05, 3.63) is 0 Å². The van der Waals surface area contributed by atoms with Crippen molar-refractivity contribution in [2.75, 3.05) is 33.9 Å². The predicted molar refractivity (Wildman–Crippen MR) is 64.2 cm³/mol. The van der Waals surface area contributed by atoms with Gasteiger partial charge in [-0.3, -0.25) is 4.90 Å². The lowest BCUT2D eigenvalue weighted by Gasteiger charge is -2.31. The van der Waals surface area contributed by atoms with E-state index in [0.29, 0.717) is 6.04 Å². The minimum absolute atomic E-state index is 0.468. The zero-order valence-corrected chi connectivity index (χ0v) is 10.5. The molecule has 1 atom stereocenters. The van der Waals surface area contributed by atoms with Crippen LogP contribution >= 0.6 is 0 Å². The highest BCUT2D eigenvalue weighted by Gasteiger charge is 2.23. The SMILES string of the molecule is CCN(CC(COC)NC)C1CCCC1. The van der Waals surface area contributed by atoms with Crippen molar-refractivity contribution in [3.63, 3.8) is 0 Å². The maximum absolute atomic E-state index is 5.21. The molecule has 0 amide bonds. The molecule has 1 saturated carbocycles. The molecule has 0 aromatic rings. The van der Waals surface area contributed by atoms with E-state index in [4.69, 9.17) is 4.74 Å². The molecule has 90 valence electrons. The molecule has 0 saturated heterocycles. The maximum Gasteiger partial charge on any atom is 0.0628 e. The summed E-state index contributed by atoms with van der Waals surface area (Å²) in [7, 11) is 3.79. The predicted octanol–water partition coefficient (Wildman–Crippen LogP) is 1.49. The number of likely N-dealkylation sites (N-methyl/N-ethyl adjacent to an activating group) is 2. The third kappa shape index (κ3) is 4.09. The first-order chi connectivity index (χ1) is 7.31. The van der Waals surface area contributed by atoms with Crippen molar-refractivity contribution in [1.29, 1.82) is 0 Å². The van der Waals surface area contributed by atoms with Crippen LogP contribution in [0.4, 0.5) is 0 Å². The second-order valence-electron chi connectivity index (χ2n) is 4.47. The van der Waals surface area contributed by atoms with Gasteiger partial charge < -0.3 is 10.1 Å². The van der Waals surface area contributed by atoms with Gasteiger partial charge in [-0.25, -0.2) is 0 Å². The molecule has 0 spiro atoms. The summed E-state index contributed by atoms with van der Waals surface area (Å²) in [5.74, 6) is 0. The molecule has 1 N–H and O–H groups in total. The molecule has 0 aromatic heterocycles. The second-order valence-corrected chi connectivity index (χ2v) is 4.47. The van der Waals surface area contributed by atoms with E-state index in [2.05, 4.69) is 17.1 Å². The lowest BCUT2D eigenvalue weighted by atomic mass is 10.2. The molecule has 1 rings (SSSR count). The lowest BCUT2D eigenvalue weighted by Crippen LogP contribution is -2.45. The molecule has 3 nitrogen and oxygen atoms in total. The number of nitrogens with zero attached hydrogens (tertiary/aromatic N) is 1. The van der Waals surface area contributed by atoms with Gasteiger partial charge in [0.15, 0.2) is 0 Å². The van der Waals surface area contributed by atoms with E-state index in [0.717, 1.165) is 25.7 Å². The summed E-state index contributed by atoms with van der Waals surface area (Å²) < 4.78 is 5.21. The molecule has 0 bridgehead atoms. The van der Waals surface area contributed by atoms with E-state index in [1.54, 1.807) is 7.11 Å². The Hall–Kier alpha value is -0.120. The Kier molecular flexibility index (Phi) is 6.22. The van der Waals surface area contributed by atoms with Crippen LogP contribution in [0.25, 0.3) is 0 Å². The van der Waals surface area contributed by atoms with Gasteiger partial charge in [-0.1, -0.05) is 19.8 Å². The minimum atomic E-state index is 0.468. The summed E-state index contributed by atoms with van der Waals surface area (Å²) in [5, 5.41) is 3.32. The summed E-state index contributed by atoms with van der Waals surface area (Å²) in [5.41, 5.74) is 0. The van der Waals surface area contributed by atoms with Gasteiger partial charge in [-0.2, -0.15) is 0 Å². The molecule has 0 radical (unpaired) electrons. The fourth-order valence-electron chi connectivity index (χ4n) is 2.52. The number of nitrogens with one attached hydrogen (secondary N) is 1. The number of hydrogen-bond donors (Lipinski definition) is 1. The van der Waals surface area contributed by atoms with Gasteiger partial charge in [0.25, 0.3) is 0 Å². The minimum Gasteiger partial charge on any atom is -0.383 e. The van der Waals surface area contributed by atoms with Gasteiger partial charge in [0.2, 0.25) is 0 Å². The molecule has 0 aliphatic heterocycles. The number of methoxy groups -OCH3 is 1. The third-order valence-corrected chi connectivity index (χ3v) is 3.48. The van der Waals surface area contributed by atoms with E-state index < -0.39 is 0 Å². The van der Waals surface area contributed by atoms with E-state index in [-0.39, 0.29) is 0 Å². The van der Waals surface area contributed by atoms with Crippen LogP contribution in [0.15, 0.2) is 0 Å². The first-order valence-electron chi connectivity index (χ1n) is 6.22.